The highest BCUT2D eigenvalue weighted by atomic mass is 15.6. The number of nitrogens with zero attached hydrogens (tertiary/aromatic N) is 4. The van der Waals surface area contributed by atoms with Gasteiger partial charge >= 0.3 is 0 Å². The summed E-state index contributed by atoms with van der Waals surface area (Å²) in [4.78, 5) is 1.55. The maximum atomic E-state index is 5.30. The SMILES string of the molecule is CCCCCCn1nnc(N)n1. The van der Waals surface area contributed by atoms with Crippen LogP contribution in [0.5, 0.6) is 0 Å². The Balaban J connectivity index is 2.15. The second-order valence-corrected chi connectivity index (χ2v) is 2.80. The van der Waals surface area contributed by atoms with E-state index in [4.69, 9.17) is 5.73 Å². The molecule has 0 bridgehead atoms. The van der Waals surface area contributed by atoms with Gasteiger partial charge in [-0.1, -0.05) is 31.3 Å². The Hall–Kier alpha value is -1.13. The highest BCUT2D eigenvalue weighted by Crippen LogP contribution is 1.99. The average Bonchev–Trinajstić information content (AvgIpc) is 2.45. The lowest BCUT2D eigenvalue weighted by molar-refractivity contribution is 0.480. The van der Waals surface area contributed by atoms with Gasteiger partial charge in [-0.15, -0.1) is 5.10 Å². The van der Waals surface area contributed by atoms with Crippen LogP contribution in [-0.4, -0.2) is 20.2 Å². The van der Waals surface area contributed by atoms with Gasteiger partial charge in [0.15, 0.2) is 0 Å². The molecule has 1 rings (SSSR count). The van der Waals surface area contributed by atoms with Crippen molar-refractivity contribution < 1.29 is 0 Å². The van der Waals surface area contributed by atoms with Crippen LogP contribution in [0.4, 0.5) is 5.95 Å². The van der Waals surface area contributed by atoms with Crippen molar-refractivity contribution in [1.82, 2.24) is 20.2 Å². The predicted octanol–water partition coefficient (Wildman–Crippen LogP) is 0.836. The highest BCUT2D eigenvalue weighted by molar-refractivity contribution is 5.06. The molecule has 1 aromatic rings. The molecule has 0 radical (unpaired) electrons. The molecule has 68 valence electrons. The smallest absolute Gasteiger partial charge is 0.260 e. The number of hydrogen-bond acceptors (Lipinski definition) is 4. The van der Waals surface area contributed by atoms with E-state index in [9.17, 15) is 0 Å². The standard InChI is InChI=1S/C7H15N5/c1-2-3-4-5-6-12-10-7(8)9-11-12/h2-6H2,1H3,(H2,8,10). The Bertz CT molecular complexity index is 219. The largest absolute Gasteiger partial charge is 0.365 e. The molecule has 1 heterocycles. The minimum absolute atomic E-state index is 0.255. The summed E-state index contributed by atoms with van der Waals surface area (Å²) in [5.41, 5.74) is 5.30. The van der Waals surface area contributed by atoms with Crippen molar-refractivity contribution >= 4 is 5.95 Å². The number of rotatable bonds is 5. The summed E-state index contributed by atoms with van der Waals surface area (Å²) in [6.07, 6.45) is 4.83. The number of aryl methyl sites for hydroxylation is 1. The molecule has 0 unspecified atom stereocenters. The summed E-state index contributed by atoms with van der Waals surface area (Å²) in [5.74, 6) is 0.255. The summed E-state index contributed by atoms with van der Waals surface area (Å²) >= 11 is 0. The van der Waals surface area contributed by atoms with Gasteiger partial charge in [-0.2, -0.15) is 4.80 Å². The molecule has 0 spiro atoms. The molecular formula is C7H15N5. The quantitative estimate of drug-likeness (QED) is 0.663. The Labute approximate surface area is 71.9 Å². The second kappa shape index (κ2) is 4.69. The van der Waals surface area contributed by atoms with E-state index in [1.165, 1.54) is 19.3 Å². The summed E-state index contributed by atoms with van der Waals surface area (Å²) in [6, 6.07) is 0. The van der Waals surface area contributed by atoms with Crippen molar-refractivity contribution in [3.8, 4) is 0 Å². The molecule has 12 heavy (non-hydrogen) atoms. The van der Waals surface area contributed by atoms with Gasteiger partial charge in [-0.3, -0.25) is 0 Å². The van der Waals surface area contributed by atoms with Gasteiger partial charge in [0.2, 0.25) is 0 Å². The van der Waals surface area contributed by atoms with Crippen LogP contribution in [0, 0.1) is 0 Å². The maximum absolute atomic E-state index is 5.30. The first-order valence-corrected chi connectivity index (χ1v) is 4.36. The lowest BCUT2D eigenvalue weighted by atomic mass is 10.2. The van der Waals surface area contributed by atoms with Crippen LogP contribution >= 0.6 is 0 Å². The molecule has 0 fully saturated rings. The molecule has 2 N–H and O–H groups in total. The lowest BCUT2D eigenvalue weighted by Gasteiger charge is -1.96. The fraction of sp³-hybridized carbons (Fsp3) is 0.857. The molecule has 0 saturated carbocycles. The van der Waals surface area contributed by atoms with Gasteiger partial charge in [-0.05, 0) is 11.6 Å². The number of anilines is 1. The molecule has 0 aliphatic carbocycles. The summed E-state index contributed by atoms with van der Waals surface area (Å²) < 4.78 is 0. The fourth-order valence-corrected chi connectivity index (χ4v) is 1.03. The van der Waals surface area contributed by atoms with E-state index < -0.39 is 0 Å². The number of aromatic nitrogens is 4. The topological polar surface area (TPSA) is 69.6 Å². The van der Waals surface area contributed by atoms with Crippen molar-refractivity contribution in [2.75, 3.05) is 5.73 Å². The zero-order valence-electron chi connectivity index (χ0n) is 7.40. The number of nitrogens with two attached hydrogens (primary N) is 1. The van der Waals surface area contributed by atoms with Crippen LogP contribution in [0.2, 0.25) is 0 Å². The molecular weight excluding hydrogens is 154 g/mol. The van der Waals surface area contributed by atoms with Crippen LogP contribution in [0.15, 0.2) is 0 Å². The Morgan fingerprint density at radius 3 is 2.75 bits per heavy atom. The Morgan fingerprint density at radius 2 is 2.17 bits per heavy atom. The van der Waals surface area contributed by atoms with E-state index in [1.54, 1.807) is 4.80 Å². The van der Waals surface area contributed by atoms with Crippen molar-refractivity contribution in [2.24, 2.45) is 0 Å². The number of nitrogen functional groups attached to an aromatic ring is 1. The normalized spacial score (nSPS) is 10.4. The van der Waals surface area contributed by atoms with Gasteiger partial charge in [0.05, 0.1) is 6.54 Å². The molecule has 5 heteroatoms. The van der Waals surface area contributed by atoms with Gasteiger partial charge in [0.25, 0.3) is 5.95 Å². The van der Waals surface area contributed by atoms with Crippen LogP contribution in [0.3, 0.4) is 0 Å². The van der Waals surface area contributed by atoms with Crippen molar-refractivity contribution in [1.29, 1.82) is 0 Å². The van der Waals surface area contributed by atoms with Gasteiger partial charge in [-0.25, -0.2) is 0 Å². The van der Waals surface area contributed by atoms with Crippen molar-refractivity contribution in [3.63, 3.8) is 0 Å². The first-order valence-electron chi connectivity index (χ1n) is 4.36. The van der Waals surface area contributed by atoms with E-state index in [1.807, 2.05) is 0 Å². The zero-order chi connectivity index (χ0) is 8.81. The third-order valence-electron chi connectivity index (χ3n) is 1.68. The van der Waals surface area contributed by atoms with Crippen LogP contribution in [0.25, 0.3) is 0 Å². The van der Waals surface area contributed by atoms with E-state index in [0.29, 0.717) is 0 Å². The van der Waals surface area contributed by atoms with E-state index >= 15 is 0 Å². The van der Waals surface area contributed by atoms with E-state index in [2.05, 4.69) is 22.3 Å². The fourth-order valence-electron chi connectivity index (χ4n) is 1.03. The summed E-state index contributed by atoms with van der Waals surface area (Å²) in [5, 5.41) is 11.2. The lowest BCUT2D eigenvalue weighted by Crippen LogP contribution is -2.02. The first-order chi connectivity index (χ1) is 5.83. The monoisotopic (exact) mass is 169 g/mol. The number of unbranched alkanes of at least 4 members (excludes halogenated alkanes) is 3. The molecule has 0 atom stereocenters. The third kappa shape index (κ3) is 2.86. The molecule has 0 saturated heterocycles. The minimum atomic E-state index is 0.255. The second-order valence-electron chi connectivity index (χ2n) is 2.80. The molecule has 5 nitrogen and oxygen atoms in total. The number of hydrogen-bond donors (Lipinski definition) is 1. The van der Waals surface area contributed by atoms with Crippen LogP contribution < -0.4 is 5.73 Å². The maximum Gasteiger partial charge on any atom is 0.260 e. The van der Waals surface area contributed by atoms with Crippen LogP contribution in [-0.2, 0) is 6.54 Å². The average molecular weight is 169 g/mol. The first kappa shape index (κ1) is 8.96. The van der Waals surface area contributed by atoms with Crippen LogP contribution in [0.1, 0.15) is 32.6 Å². The van der Waals surface area contributed by atoms with Gasteiger partial charge < -0.3 is 5.73 Å². The molecule has 0 aliphatic heterocycles. The Morgan fingerprint density at radius 1 is 1.33 bits per heavy atom. The van der Waals surface area contributed by atoms with Crippen molar-refractivity contribution in [2.45, 2.75) is 39.2 Å². The highest BCUT2D eigenvalue weighted by Gasteiger charge is 1.96. The number of tetrazole rings is 1. The third-order valence-corrected chi connectivity index (χ3v) is 1.68. The van der Waals surface area contributed by atoms with E-state index in [-0.39, 0.29) is 5.95 Å². The van der Waals surface area contributed by atoms with Gasteiger partial charge in [0, 0.05) is 0 Å². The van der Waals surface area contributed by atoms with Gasteiger partial charge in [0.1, 0.15) is 0 Å². The van der Waals surface area contributed by atoms with Crippen molar-refractivity contribution in [3.05, 3.63) is 0 Å². The Kier molecular flexibility index (Phi) is 3.50. The minimum Gasteiger partial charge on any atom is -0.365 e. The summed E-state index contributed by atoms with van der Waals surface area (Å²) in [6.45, 7) is 3.01. The molecule has 0 aliphatic rings. The van der Waals surface area contributed by atoms with E-state index in [0.717, 1.165) is 13.0 Å². The molecule has 1 aromatic heterocycles. The predicted molar refractivity (Wildman–Crippen MR) is 46.4 cm³/mol. The zero-order valence-corrected chi connectivity index (χ0v) is 7.40. The molecule has 0 aromatic carbocycles. The summed E-state index contributed by atoms with van der Waals surface area (Å²) in [7, 11) is 0. The molecule has 0 amide bonds.